The number of hydrogen-bond donors (Lipinski definition) is 1. The molecule has 1 fully saturated rings. The van der Waals surface area contributed by atoms with Gasteiger partial charge in [-0.3, -0.25) is 14.4 Å². The molecule has 1 saturated heterocycles. The first kappa shape index (κ1) is 38.1. The molecule has 0 radical (unpaired) electrons. The number of aryl methyl sites for hydroxylation is 5. The van der Waals surface area contributed by atoms with E-state index in [4.69, 9.17) is 37.8 Å². The van der Waals surface area contributed by atoms with Crippen LogP contribution >= 0.6 is 23.2 Å². The predicted octanol–water partition coefficient (Wildman–Crippen LogP) is 9.89. The largest absolute Gasteiger partial charge is 0.494 e. The van der Waals surface area contributed by atoms with Gasteiger partial charge in [-0.2, -0.15) is 5.10 Å². The van der Waals surface area contributed by atoms with Gasteiger partial charge in [0.15, 0.2) is 0 Å². The Kier molecular flexibility index (Phi) is 10.2. The van der Waals surface area contributed by atoms with E-state index in [9.17, 15) is 9.90 Å². The number of carbonyl (C=O) groups excluding carboxylic acids is 1. The van der Waals surface area contributed by atoms with E-state index < -0.39 is 5.97 Å². The summed E-state index contributed by atoms with van der Waals surface area (Å²) >= 11 is 13.7. The monoisotopic (exact) mass is 795 g/mol. The predicted molar refractivity (Wildman–Crippen MR) is 222 cm³/mol. The maximum absolute atomic E-state index is 15.1. The highest BCUT2D eigenvalue weighted by Crippen LogP contribution is 2.45. The van der Waals surface area contributed by atoms with Crippen LogP contribution in [0.3, 0.4) is 0 Å². The quantitative estimate of drug-likeness (QED) is 0.139. The van der Waals surface area contributed by atoms with Crippen molar-refractivity contribution in [2.24, 2.45) is 13.0 Å². The molecule has 12 heteroatoms. The lowest BCUT2D eigenvalue weighted by atomic mass is 9.97. The van der Waals surface area contributed by atoms with Crippen molar-refractivity contribution in [1.29, 1.82) is 0 Å². The van der Waals surface area contributed by atoms with Crippen LogP contribution in [0.4, 0.5) is 5.82 Å². The Hall–Kier alpha value is -4.77. The molecule has 1 atom stereocenters. The van der Waals surface area contributed by atoms with Crippen molar-refractivity contribution in [3.63, 3.8) is 0 Å². The number of halogens is 2. The van der Waals surface area contributed by atoms with Crippen LogP contribution < -0.4 is 9.64 Å². The van der Waals surface area contributed by atoms with Gasteiger partial charge in [-0.25, -0.2) is 4.79 Å². The summed E-state index contributed by atoms with van der Waals surface area (Å²) < 4.78 is 18.2. The first-order valence-corrected chi connectivity index (χ1v) is 20.1. The fourth-order valence-corrected chi connectivity index (χ4v) is 9.28. The Labute approximate surface area is 336 Å². The van der Waals surface area contributed by atoms with Gasteiger partial charge in [0, 0.05) is 77.5 Å². The molecule has 0 spiro atoms. The Morgan fingerprint density at radius 3 is 2.45 bits per heavy atom. The molecule has 292 valence electrons. The zero-order valence-corrected chi connectivity index (χ0v) is 34.2. The molecular weight excluding hydrogens is 749 g/mol. The Bertz CT molecular complexity index is 2520. The van der Waals surface area contributed by atoms with Crippen LogP contribution in [0.2, 0.25) is 10.0 Å². The Balaban J connectivity index is 1.24. The summed E-state index contributed by atoms with van der Waals surface area (Å²) in [5.41, 5.74) is 9.34. The normalized spacial score (nSPS) is 16.3. The third-order valence-corrected chi connectivity index (χ3v) is 12.7. The summed E-state index contributed by atoms with van der Waals surface area (Å²) in [7, 11) is 1.92. The number of hydrogen-bond acceptors (Lipinski definition) is 5. The number of benzene rings is 3. The average Bonchev–Trinajstić information content (AvgIpc) is 3.78. The Morgan fingerprint density at radius 2 is 1.73 bits per heavy atom. The highest BCUT2D eigenvalue weighted by Gasteiger charge is 2.38. The van der Waals surface area contributed by atoms with Gasteiger partial charge in [-0.05, 0) is 125 Å². The number of fused-ring (bicyclic) bond motifs is 4. The lowest BCUT2D eigenvalue weighted by molar-refractivity contribution is 0.0599. The molecule has 6 aromatic rings. The fraction of sp³-hybridized carbons (Fsp3) is 0.386. The number of carboxylic acid groups (broad SMARTS) is 1. The van der Waals surface area contributed by atoms with Crippen LogP contribution in [0, 0.1) is 33.6 Å². The second-order valence-corrected chi connectivity index (χ2v) is 16.3. The molecule has 0 bridgehead atoms. The van der Waals surface area contributed by atoms with E-state index in [0.717, 1.165) is 104 Å². The highest BCUT2D eigenvalue weighted by atomic mass is 35.5. The average molecular weight is 797 g/mol. The van der Waals surface area contributed by atoms with E-state index in [2.05, 4.69) is 29.2 Å². The van der Waals surface area contributed by atoms with Crippen molar-refractivity contribution in [2.75, 3.05) is 31.3 Å². The van der Waals surface area contributed by atoms with Crippen molar-refractivity contribution in [1.82, 2.24) is 18.9 Å². The van der Waals surface area contributed by atoms with Gasteiger partial charge < -0.3 is 23.7 Å². The molecule has 3 aromatic carbocycles. The molecule has 10 nitrogen and oxygen atoms in total. The van der Waals surface area contributed by atoms with Gasteiger partial charge in [-0.1, -0.05) is 29.3 Å². The number of anilines is 1. The number of aromatic nitrogens is 4. The second kappa shape index (κ2) is 15.0. The molecular formula is C44H47Cl2N5O5. The molecule has 1 N–H and O–H groups in total. The van der Waals surface area contributed by atoms with E-state index in [0.29, 0.717) is 48.4 Å². The summed E-state index contributed by atoms with van der Waals surface area (Å²) in [6.07, 6.45) is 3.28. The van der Waals surface area contributed by atoms with Crippen LogP contribution in [0.1, 0.15) is 81.2 Å². The van der Waals surface area contributed by atoms with Gasteiger partial charge in [0.05, 0.1) is 28.4 Å². The third-order valence-electron chi connectivity index (χ3n) is 11.7. The third kappa shape index (κ3) is 6.55. The summed E-state index contributed by atoms with van der Waals surface area (Å²) in [6.45, 7) is 13.5. The van der Waals surface area contributed by atoms with Crippen LogP contribution in [0.15, 0.2) is 48.5 Å². The van der Waals surface area contributed by atoms with Crippen LogP contribution in [0.25, 0.3) is 32.9 Å². The Morgan fingerprint density at radius 1 is 1.00 bits per heavy atom. The molecule has 8 rings (SSSR count). The molecule has 2 aliphatic rings. The van der Waals surface area contributed by atoms with E-state index in [1.165, 1.54) is 0 Å². The van der Waals surface area contributed by atoms with E-state index in [-0.39, 0.29) is 17.5 Å². The summed E-state index contributed by atoms with van der Waals surface area (Å²) in [5, 5.41) is 17.8. The van der Waals surface area contributed by atoms with Crippen LogP contribution in [-0.4, -0.2) is 62.3 Å². The molecule has 56 heavy (non-hydrogen) atoms. The maximum Gasteiger partial charge on any atom is 0.335 e. The lowest BCUT2D eigenvalue weighted by Crippen LogP contribution is -2.43. The van der Waals surface area contributed by atoms with Crippen molar-refractivity contribution < 1.29 is 24.2 Å². The van der Waals surface area contributed by atoms with Crippen LogP contribution in [-0.2, 0) is 24.8 Å². The topological polar surface area (TPSA) is 104 Å². The zero-order valence-electron chi connectivity index (χ0n) is 32.7. The van der Waals surface area contributed by atoms with Crippen molar-refractivity contribution >= 4 is 62.7 Å². The van der Waals surface area contributed by atoms with Crippen LogP contribution in [0.5, 0.6) is 5.75 Å². The first-order valence-electron chi connectivity index (χ1n) is 19.4. The van der Waals surface area contributed by atoms with Crippen molar-refractivity contribution in [3.05, 3.63) is 97.9 Å². The lowest BCUT2D eigenvalue weighted by Gasteiger charge is -2.34. The van der Waals surface area contributed by atoms with Gasteiger partial charge in [-0.15, -0.1) is 0 Å². The number of amides is 1. The molecule has 0 saturated carbocycles. The van der Waals surface area contributed by atoms with Gasteiger partial charge in [0.25, 0.3) is 5.91 Å². The number of ether oxygens (including phenoxy) is 2. The minimum absolute atomic E-state index is 0.116. The van der Waals surface area contributed by atoms with E-state index >= 15 is 4.79 Å². The number of nitrogens with zero attached hydrogens (tertiary/aromatic N) is 5. The maximum atomic E-state index is 15.1. The SMILES string of the molecule is Cc1cc(OCCCc2c3n(c4c(-c5c(C)nn(CC6CCOCC6)c5C)c(Cl)ccc24)[C@H](C)CN(c2cc4cc(C(=O)O)ccc4n2C)C3=O)cc(C)c1Cl. The number of carboxylic acids is 1. The fourth-order valence-electron chi connectivity index (χ4n) is 8.93. The number of rotatable bonds is 10. The van der Waals surface area contributed by atoms with Gasteiger partial charge in [0.1, 0.15) is 17.3 Å². The second-order valence-electron chi connectivity index (χ2n) is 15.5. The number of carbonyl (C=O) groups is 2. The molecule has 1 amide bonds. The summed E-state index contributed by atoms with van der Waals surface area (Å²) in [4.78, 5) is 28.7. The summed E-state index contributed by atoms with van der Waals surface area (Å²) in [5.74, 6) is 0.856. The molecule has 5 heterocycles. The minimum Gasteiger partial charge on any atom is -0.494 e. The first-order chi connectivity index (χ1) is 26.8. The molecule has 2 aliphatic heterocycles. The van der Waals surface area contributed by atoms with Gasteiger partial charge in [0.2, 0.25) is 0 Å². The molecule has 0 aliphatic carbocycles. The van der Waals surface area contributed by atoms with Gasteiger partial charge >= 0.3 is 5.97 Å². The van der Waals surface area contributed by atoms with E-state index in [1.807, 2.05) is 61.6 Å². The smallest absolute Gasteiger partial charge is 0.335 e. The highest BCUT2D eigenvalue weighted by molar-refractivity contribution is 6.35. The van der Waals surface area contributed by atoms with Crippen molar-refractivity contribution in [2.45, 2.75) is 72.9 Å². The van der Waals surface area contributed by atoms with Crippen molar-refractivity contribution in [3.8, 4) is 16.9 Å². The van der Waals surface area contributed by atoms with E-state index in [1.54, 1.807) is 18.2 Å². The summed E-state index contributed by atoms with van der Waals surface area (Å²) in [6, 6.07) is 14.8. The number of aromatic carboxylic acids is 1. The zero-order chi connectivity index (χ0) is 39.6. The standard InChI is InChI=1S/C44H47Cl2N5O5/c1-24-18-32(19-25(2)40(24)46)56-15-7-8-33-34-10-11-35(45)39(38-27(4)47-50(28(38)5)23-29-13-16-55-17-14-29)41(34)51-26(3)22-49(43(52)42(33)51)37-21-31-20-30(44(53)54)9-12-36(31)48(37)6/h9-12,18-21,26,29H,7-8,13-17,22-23H2,1-6H3,(H,53,54)/t26-/m1/s1. The minimum atomic E-state index is -0.992. The molecule has 0 unspecified atom stereocenters. The molecule has 3 aromatic heterocycles.